The molecule has 0 amide bonds. The quantitative estimate of drug-likeness (QED) is 0.695. The fraction of sp³-hybridized carbons (Fsp3) is 0.579. The molecule has 0 aromatic heterocycles. The molecule has 2 nitrogen and oxygen atoms in total. The van der Waals surface area contributed by atoms with Crippen LogP contribution in [0.15, 0.2) is 24.3 Å². The van der Waals surface area contributed by atoms with Crippen LogP contribution in [0.2, 0.25) is 0 Å². The lowest BCUT2D eigenvalue weighted by atomic mass is 9.76. The van der Waals surface area contributed by atoms with Crippen molar-refractivity contribution in [1.29, 1.82) is 0 Å². The third-order valence-electron chi connectivity index (χ3n) is 4.75. The van der Waals surface area contributed by atoms with Crippen molar-refractivity contribution in [2.45, 2.75) is 64.7 Å². The van der Waals surface area contributed by atoms with E-state index in [0.717, 1.165) is 50.5 Å². The zero-order valence-corrected chi connectivity index (χ0v) is 13.2. The minimum atomic E-state index is 0.117. The van der Waals surface area contributed by atoms with E-state index in [0.29, 0.717) is 17.6 Å². The number of unbranched alkanes of at least 4 members (excludes halogenated alkanes) is 1. The summed E-state index contributed by atoms with van der Waals surface area (Å²) in [5.41, 5.74) is 2.10. The van der Waals surface area contributed by atoms with Gasteiger partial charge in [0.2, 0.25) is 0 Å². The molecule has 0 heterocycles. The highest BCUT2D eigenvalue weighted by atomic mass is 16.1. The van der Waals surface area contributed by atoms with Gasteiger partial charge in [-0.3, -0.25) is 9.59 Å². The monoisotopic (exact) mass is 286 g/mol. The van der Waals surface area contributed by atoms with Gasteiger partial charge in [-0.2, -0.15) is 0 Å². The van der Waals surface area contributed by atoms with Gasteiger partial charge in [-0.15, -0.1) is 0 Å². The van der Waals surface area contributed by atoms with Crippen LogP contribution in [0.25, 0.3) is 0 Å². The Morgan fingerprint density at radius 1 is 1.05 bits per heavy atom. The SMILES string of the molecule is CCCCC(=O)C1CCC(c2ccc(C(C)=O)cc2)CC1. The third-order valence-corrected chi connectivity index (χ3v) is 4.75. The van der Waals surface area contributed by atoms with E-state index in [4.69, 9.17) is 0 Å². The predicted octanol–water partition coefficient (Wildman–Crippen LogP) is 4.92. The Bertz CT molecular complexity index is 479. The topological polar surface area (TPSA) is 34.1 Å². The standard InChI is InChI=1S/C19H26O2/c1-3-4-5-19(21)18-12-10-17(11-13-18)16-8-6-15(7-9-16)14(2)20/h6-9,17-18H,3-5,10-13H2,1-2H3. The number of hydrogen-bond donors (Lipinski definition) is 0. The minimum absolute atomic E-state index is 0.117. The molecule has 21 heavy (non-hydrogen) atoms. The Labute approximate surface area is 127 Å². The van der Waals surface area contributed by atoms with Crippen molar-refractivity contribution in [2.75, 3.05) is 0 Å². The van der Waals surface area contributed by atoms with Crippen LogP contribution >= 0.6 is 0 Å². The highest BCUT2D eigenvalue weighted by molar-refractivity contribution is 5.94. The Kier molecular flexibility index (Phi) is 5.72. The minimum Gasteiger partial charge on any atom is -0.299 e. The van der Waals surface area contributed by atoms with E-state index in [9.17, 15) is 9.59 Å². The highest BCUT2D eigenvalue weighted by Gasteiger charge is 2.26. The second-order valence-electron chi connectivity index (χ2n) is 6.30. The van der Waals surface area contributed by atoms with Crippen LogP contribution in [0.4, 0.5) is 0 Å². The van der Waals surface area contributed by atoms with E-state index in [1.54, 1.807) is 6.92 Å². The summed E-state index contributed by atoms with van der Waals surface area (Å²) < 4.78 is 0. The molecule has 114 valence electrons. The number of carbonyl (C=O) groups is 2. The van der Waals surface area contributed by atoms with Crippen LogP contribution < -0.4 is 0 Å². The van der Waals surface area contributed by atoms with Crippen molar-refractivity contribution < 1.29 is 9.59 Å². The Balaban J connectivity index is 1.88. The van der Waals surface area contributed by atoms with Crippen LogP contribution in [-0.4, -0.2) is 11.6 Å². The average Bonchev–Trinajstić information content (AvgIpc) is 2.53. The van der Waals surface area contributed by atoms with Gasteiger partial charge in [-0.1, -0.05) is 37.6 Å². The van der Waals surface area contributed by atoms with Gasteiger partial charge in [0.1, 0.15) is 5.78 Å². The first-order valence-corrected chi connectivity index (χ1v) is 8.25. The number of benzene rings is 1. The molecule has 1 aromatic carbocycles. The molecule has 1 aliphatic carbocycles. The zero-order valence-electron chi connectivity index (χ0n) is 13.2. The van der Waals surface area contributed by atoms with E-state index in [-0.39, 0.29) is 5.78 Å². The number of carbonyl (C=O) groups excluding carboxylic acids is 2. The van der Waals surface area contributed by atoms with Gasteiger partial charge in [0.25, 0.3) is 0 Å². The van der Waals surface area contributed by atoms with E-state index < -0.39 is 0 Å². The molecule has 0 aliphatic heterocycles. The first-order valence-electron chi connectivity index (χ1n) is 8.25. The summed E-state index contributed by atoms with van der Waals surface area (Å²) in [7, 11) is 0. The molecule has 2 heteroatoms. The molecule has 0 spiro atoms. The molecule has 0 N–H and O–H groups in total. The average molecular weight is 286 g/mol. The van der Waals surface area contributed by atoms with Gasteiger partial charge in [-0.25, -0.2) is 0 Å². The molecule has 0 atom stereocenters. The van der Waals surface area contributed by atoms with Crippen LogP contribution in [0.3, 0.4) is 0 Å². The van der Waals surface area contributed by atoms with Gasteiger partial charge in [0, 0.05) is 17.9 Å². The van der Waals surface area contributed by atoms with Crippen molar-refractivity contribution in [3.63, 3.8) is 0 Å². The Morgan fingerprint density at radius 2 is 1.67 bits per heavy atom. The Hall–Kier alpha value is -1.44. The molecule has 1 aliphatic rings. The lowest BCUT2D eigenvalue weighted by Crippen LogP contribution is -2.21. The van der Waals surface area contributed by atoms with Crippen molar-refractivity contribution in [3.8, 4) is 0 Å². The van der Waals surface area contributed by atoms with Crippen molar-refractivity contribution in [3.05, 3.63) is 35.4 Å². The van der Waals surface area contributed by atoms with E-state index in [2.05, 4.69) is 19.1 Å². The maximum absolute atomic E-state index is 12.1. The van der Waals surface area contributed by atoms with Gasteiger partial charge in [0.05, 0.1) is 0 Å². The van der Waals surface area contributed by atoms with E-state index >= 15 is 0 Å². The molecule has 1 fully saturated rings. The summed E-state index contributed by atoms with van der Waals surface area (Å²) in [5, 5.41) is 0. The molecule has 2 rings (SSSR count). The summed E-state index contributed by atoms with van der Waals surface area (Å²) in [6.07, 6.45) is 7.15. The molecule has 0 bridgehead atoms. The summed E-state index contributed by atoms with van der Waals surface area (Å²) in [6, 6.07) is 8.02. The first-order chi connectivity index (χ1) is 10.1. The van der Waals surface area contributed by atoms with Gasteiger partial charge in [0.15, 0.2) is 5.78 Å². The van der Waals surface area contributed by atoms with Crippen LogP contribution in [0.5, 0.6) is 0 Å². The Morgan fingerprint density at radius 3 is 2.19 bits per heavy atom. The number of hydrogen-bond acceptors (Lipinski definition) is 2. The number of ketones is 2. The molecule has 1 saturated carbocycles. The molecule has 0 radical (unpaired) electrons. The predicted molar refractivity (Wildman–Crippen MR) is 85.7 cm³/mol. The van der Waals surface area contributed by atoms with E-state index in [1.807, 2.05) is 12.1 Å². The summed E-state index contributed by atoms with van der Waals surface area (Å²) in [6.45, 7) is 3.73. The lowest BCUT2D eigenvalue weighted by Gasteiger charge is -2.28. The fourth-order valence-corrected chi connectivity index (χ4v) is 3.29. The molecule has 0 saturated heterocycles. The van der Waals surface area contributed by atoms with Crippen molar-refractivity contribution >= 4 is 11.6 Å². The fourth-order valence-electron chi connectivity index (χ4n) is 3.29. The van der Waals surface area contributed by atoms with Crippen LogP contribution in [0, 0.1) is 5.92 Å². The normalized spacial score (nSPS) is 22.0. The maximum atomic E-state index is 12.1. The maximum Gasteiger partial charge on any atom is 0.159 e. The molecule has 0 unspecified atom stereocenters. The molecular formula is C19H26O2. The second-order valence-corrected chi connectivity index (χ2v) is 6.30. The number of Topliss-reactive ketones (excluding diaryl/α,β-unsaturated/α-hetero) is 2. The summed E-state index contributed by atoms with van der Waals surface area (Å²) >= 11 is 0. The highest BCUT2D eigenvalue weighted by Crippen LogP contribution is 2.36. The van der Waals surface area contributed by atoms with Gasteiger partial charge < -0.3 is 0 Å². The van der Waals surface area contributed by atoms with Gasteiger partial charge in [-0.05, 0) is 50.5 Å². The molecular weight excluding hydrogens is 260 g/mol. The third kappa shape index (κ3) is 4.26. The zero-order chi connectivity index (χ0) is 15.2. The van der Waals surface area contributed by atoms with Gasteiger partial charge >= 0.3 is 0 Å². The van der Waals surface area contributed by atoms with Crippen LogP contribution in [-0.2, 0) is 4.79 Å². The second kappa shape index (κ2) is 7.53. The van der Waals surface area contributed by atoms with Crippen LogP contribution in [0.1, 0.15) is 80.6 Å². The van der Waals surface area contributed by atoms with E-state index in [1.165, 1.54) is 5.56 Å². The number of rotatable bonds is 6. The first kappa shape index (κ1) is 15.9. The largest absolute Gasteiger partial charge is 0.299 e. The smallest absolute Gasteiger partial charge is 0.159 e. The summed E-state index contributed by atoms with van der Waals surface area (Å²) in [5.74, 6) is 1.44. The van der Waals surface area contributed by atoms with Crippen molar-refractivity contribution in [1.82, 2.24) is 0 Å². The lowest BCUT2D eigenvalue weighted by molar-refractivity contribution is -0.124. The van der Waals surface area contributed by atoms with Crippen molar-refractivity contribution in [2.24, 2.45) is 5.92 Å². The molecule has 1 aromatic rings. The summed E-state index contributed by atoms with van der Waals surface area (Å²) in [4.78, 5) is 23.4.